The van der Waals surface area contributed by atoms with Gasteiger partial charge in [-0.25, -0.2) is 4.98 Å². The Hall–Kier alpha value is -1.99. The number of hydrogen-bond donors (Lipinski definition) is 0. The largest absolute Gasteiger partial charge is 0.417 e. The molecule has 2 nitrogen and oxygen atoms in total. The van der Waals surface area contributed by atoms with E-state index < -0.39 is 11.7 Å². The first-order valence-corrected chi connectivity index (χ1v) is 12.2. The number of piperidine rings is 1. The van der Waals surface area contributed by atoms with Gasteiger partial charge in [0.1, 0.15) is 0 Å². The fourth-order valence-electron chi connectivity index (χ4n) is 3.80. The lowest BCUT2D eigenvalue weighted by Crippen LogP contribution is -2.29. The Balaban J connectivity index is 1.66. The van der Waals surface area contributed by atoms with Gasteiger partial charge in [-0.1, -0.05) is 49.9 Å². The Morgan fingerprint density at radius 2 is 1.74 bits per heavy atom. The van der Waals surface area contributed by atoms with Crippen LogP contribution in [0.4, 0.5) is 18.3 Å². The zero-order chi connectivity index (χ0) is 22.0. The molecule has 31 heavy (non-hydrogen) atoms. The van der Waals surface area contributed by atoms with Crippen LogP contribution in [0.25, 0.3) is 11.3 Å². The first kappa shape index (κ1) is 22.2. The summed E-state index contributed by atoms with van der Waals surface area (Å²) in [6.07, 6.45) is -0.937. The lowest BCUT2D eigenvalue weighted by molar-refractivity contribution is -0.139. The van der Waals surface area contributed by atoms with Crippen LogP contribution < -0.4 is 4.90 Å². The molecule has 1 aliphatic rings. The van der Waals surface area contributed by atoms with Crippen molar-refractivity contribution < 1.29 is 13.2 Å². The van der Waals surface area contributed by atoms with Crippen molar-refractivity contribution in [1.29, 1.82) is 0 Å². The Morgan fingerprint density at radius 1 is 1.00 bits per heavy atom. The summed E-state index contributed by atoms with van der Waals surface area (Å²) >= 11 is 2.69. The smallest absolute Gasteiger partial charge is 0.348 e. The van der Waals surface area contributed by atoms with E-state index in [9.17, 15) is 13.2 Å². The average Bonchev–Trinajstić information content (AvgIpc) is 3.24. The van der Waals surface area contributed by atoms with Gasteiger partial charge in [0.2, 0.25) is 0 Å². The molecule has 4 rings (SSSR count). The second-order valence-electron chi connectivity index (χ2n) is 8.07. The van der Waals surface area contributed by atoms with Crippen LogP contribution in [0.15, 0.2) is 57.6 Å². The Kier molecular flexibility index (Phi) is 6.63. The zero-order valence-corrected chi connectivity index (χ0v) is 19.2. The first-order chi connectivity index (χ1) is 14.8. The van der Waals surface area contributed by atoms with E-state index in [0.717, 1.165) is 41.5 Å². The molecule has 7 heteroatoms. The van der Waals surface area contributed by atoms with E-state index in [1.807, 2.05) is 29.6 Å². The normalized spacial score (nSPS) is 15.0. The highest BCUT2D eigenvalue weighted by Crippen LogP contribution is 2.43. The van der Waals surface area contributed by atoms with Crippen molar-refractivity contribution in [2.45, 2.75) is 55.0 Å². The van der Waals surface area contributed by atoms with Crippen LogP contribution in [-0.4, -0.2) is 18.1 Å². The molecule has 0 unspecified atom stereocenters. The number of halogens is 3. The molecule has 2 aromatic carbocycles. The van der Waals surface area contributed by atoms with Crippen LogP contribution in [-0.2, 0) is 6.18 Å². The molecule has 164 valence electrons. The summed E-state index contributed by atoms with van der Waals surface area (Å²) in [5.41, 5.74) is 1.56. The van der Waals surface area contributed by atoms with Crippen molar-refractivity contribution >= 4 is 28.2 Å². The lowest BCUT2D eigenvalue weighted by Gasteiger charge is -2.25. The van der Waals surface area contributed by atoms with E-state index in [0.29, 0.717) is 11.3 Å². The number of nitrogens with zero attached hydrogens (tertiary/aromatic N) is 2. The number of aromatic nitrogens is 1. The maximum absolute atomic E-state index is 14.0. The minimum Gasteiger partial charge on any atom is -0.348 e. The fraction of sp³-hybridized carbons (Fsp3) is 0.375. The maximum atomic E-state index is 14.0. The molecule has 0 bridgehead atoms. The van der Waals surface area contributed by atoms with E-state index in [-0.39, 0.29) is 10.8 Å². The number of anilines is 1. The highest BCUT2D eigenvalue weighted by atomic mass is 32.2. The van der Waals surface area contributed by atoms with Crippen molar-refractivity contribution in [3.05, 3.63) is 59.0 Å². The molecule has 3 aromatic rings. The molecule has 0 amide bonds. The molecule has 1 aliphatic heterocycles. The number of hydrogen-bond acceptors (Lipinski definition) is 4. The summed E-state index contributed by atoms with van der Waals surface area (Å²) in [6, 6.07) is 12.2. The number of alkyl halides is 3. The van der Waals surface area contributed by atoms with Crippen molar-refractivity contribution in [1.82, 2.24) is 4.98 Å². The monoisotopic (exact) mass is 462 g/mol. The van der Waals surface area contributed by atoms with Gasteiger partial charge >= 0.3 is 6.18 Å². The molecule has 0 saturated carbocycles. The van der Waals surface area contributed by atoms with Gasteiger partial charge in [0.05, 0.1) is 11.3 Å². The standard InChI is InChI=1S/C24H25F3N2S2/c1-16(2)18-8-4-5-9-21(18)31-22-11-10-17(14-19(22)24(25,26)27)20-15-30-23(28-20)29-12-6-3-7-13-29/h4-5,8-11,14-16H,3,6-7,12-13H2,1-2H3. The predicted octanol–water partition coefficient (Wildman–Crippen LogP) is 8.09. The van der Waals surface area contributed by atoms with Crippen molar-refractivity contribution in [3.63, 3.8) is 0 Å². The molecule has 0 spiro atoms. The summed E-state index contributed by atoms with van der Waals surface area (Å²) in [6.45, 7) is 6.03. The summed E-state index contributed by atoms with van der Waals surface area (Å²) in [7, 11) is 0. The Labute approximate surface area is 189 Å². The molecule has 1 fully saturated rings. The molecule has 1 saturated heterocycles. The number of rotatable bonds is 5. The molecular weight excluding hydrogens is 437 g/mol. The van der Waals surface area contributed by atoms with E-state index in [1.165, 1.54) is 35.6 Å². The van der Waals surface area contributed by atoms with Gasteiger partial charge in [-0.3, -0.25) is 0 Å². The fourth-order valence-corrected chi connectivity index (χ4v) is 5.91. The van der Waals surface area contributed by atoms with Gasteiger partial charge in [0.25, 0.3) is 0 Å². The average molecular weight is 463 g/mol. The summed E-state index contributed by atoms with van der Waals surface area (Å²) < 4.78 is 41.9. The van der Waals surface area contributed by atoms with Gasteiger partial charge < -0.3 is 4.90 Å². The van der Waals surface area contributed by atoms with Crippen LogP contribution in [0.1, 0.15) is 50.2 Å². The predicted molar refractivity (Wildman–Crippen MR) is 123 cm³/mol. The summed E-state index contributed by atoms with van der Waals surface area (Å²) in [5, 5.41) is 2.76. The van der Waals surface area contributed by atoms with Gasteiger partial charge in [-0.05, 0) is 48.9 Å². The van der Waals surface area contributed by atoms with Gasteiger partial charge in [0, 0.05) is 33.8 Å². The van der Waals surface area contributed by atoms with Gasteiger partial charge in [-0.15, -0.1) is 11.3 Å². The van der Waals surface area contributed by atoms with Crippen LogP contribution in [0, 0.1) is 0 Å². The Morgan fingerprint density at radius 3 is 2.45 bits per heavy atom. The van der Waals surface area contributed by atoms with Crippen LogP contribution in [0.2, 0.25) is 0 Å². The third-order valence-corrected chi connectivity index (χ3v) is 7.53. The molecule has 0 N–H and O–H groups in total. The molecule has 0 atom stereocenters. The van der Waals surface area contributed by atoms with Crippen LogP contribution >= 0.6 is 23.1 Å². The SMILES string of the molecule is CC(C)c1ccccc1Sc1ccc(-c2csc(N3CCCCC3)n2)cc1C(F)(F)F. The number of thiazole rings is 1. The second kappa shape index (κ2) is 9.25. The zero-order valence-electron chi connectivity index (χ0n) is 17.6. The van der Waals surface area contributed by atoms with E-state index in [4.69, 9.17) is 0 Å². The van der Waals surface area contributed by atoms with Crippen molar-refractivity contribution in [2.75, 3.05) is 18.0 Å². The van der Waals surface area contributed by atoms with E-state index in [2.05, 4.69) is 23.7 Å². The second-order valence-corrected chi connectivity index (χ2v) is 9.99. The summed E-state index contributed by atoms with van der Waals surface area (Å²) in [4.78, 5) is 7.96. The highest BCUT2D eigenvalue weighted by molar-refractivity contribution is 7.99. The lowest BCUT2D eigenvalue weighted by atomic mass is 10.0. The molecule has 0 radical (unpaired) electrons. The van der Waals surface area contributed by atoms with Gasteiger partial charge in [0.15, 0.2) is 5.13 Å². The maximum Gasteiger partial charge on any atom is 0.417 e. The minimum absolute atomic E-state index is 0.218. The minimum atomic E-state index is -4.43. The van der Waals surface area contributed by atoms with Crippen LogP contribution in [0.3, 0.4) is 0 Å². The topological polar surface area (TPSA) is 16.1 Å². The van der Waals surface area contributed by atoms with Gasteiger partial charge in [-0.2, -0.15) is 13.2 Å². The first-order valence-electron chi connectivity index (χ1n) is 10.5. The van der Waals surface area contributed by atoms with Crippen molar-refractivity contribution in [2.24, 2.45) is 0 Å². The van der Waals surface area contributed by atoms with E-state index >= 15 is 0 Å². The highest BCUT2D eigenvalue weighted by Gasteiger charge is 2.34. The molecule has 0 aliphatic carbocycles. The third-order valence-electron chi connectivity index (χ3n) is 5.46. The Bertz CT molecular complexity index is 1040. The molecule has 1 aromatic heterocycles. The van der Waals surface area contributed by atoms with E-state index in [1.54, 1.807) is 12.1 Å². The van der Waals surface area contributed by atoms with Crippen molar-refractivity contribution in [3.8, 4) is 11.3 Å². The third kappa shape index (κ3) is 5.09. The summed E-state index contributed by atoms with van der Waals surface area (Å²) in [5.74, 6) is 0.237. The number of benzene rings is 2. The molecular formula is C24H25F3N2S2. The quantitative estimate of drug-likeness (QED) is 0.381. The molecule has 2 heterocycles. The van der Waals surface area contributed by atoms with Crippen LogP contribution in [0.5, 0.6) is 0 Å².